The van der Waals surface area contributed by atoms with E-state index < -0.39 is 0 Å². The SMILES string of the molecule is O=C(CC1CCN(c2nccc3sccc23)CC1)N1CCc2ccccc2C1. The van der Waals surface area contributed by atoms with E-state index in [-0.39, 0.29) is 0 Å². The van der Waals surface area contributed by atoms with Gasteiger partial charge in [0.25, 0.3) is 0 Å². The fourth-order valence-electron chi connectivity index (χ4n) is 4.57. The maximum atomic E-state index is 12.9. The average Bonchev–Trinajstić information content (AvgIpc) is 3.23. The molecule has 1 amide bonds. The van der Waals surface area contributed by atoms with Crippen LogP contribution in [0.15, 0.2) is 48.0 Å². The number of carbonyl (C=O) groups excluding carboxylic acids is 1. The van der Waals surface area contributed by atoms with Gasteiger partial charge < -0.3 is 9.80 Å². The third-order valence-electron chi connectivity index (χ3n) is 6.22. The van der Waals surface area contributed by atoms with E-state index in [1.165, 1.54) is 21.2 Å². The summed E-state index contributed by atoms with van der Waals surface area (Å²) in [4.78, 5) is 22.0. The minimum Gasteiger partial charge on any atom is -0.356 e. The standard InChI is InChI=1S/C23H25N3OS/c27-22(26-13-8-18-3-1-2-4-19(18)16-26)15-17-6-11-25(12-7-17)23-20-9-14-28-21(20)5-10-24-23/h1-5,9-10,14,17H,6-8,11-13,15-16H2. The van der Waals surface area contributed by atoms with Crippen molar-refractivity contribution in [2.24, 2.45) is 5.92 Å². The molecule has 1 aromatic carbocycles. The molecule has 2 aliphatic heterocycles. The number of pyridine rings is 1. The summed E-state index contributed by atoms with van der Waals surface area (Å²) in [5, 5.41) is 3.40. The summed E-state index contributed by atoms with van der Waals surface area (Å²) < 4.78 is 1.30. The van der Waals surface area contributed by atoms with Crippen LogP contribution in [0.2, 0.25) is 0 Å². The molecule has 144 valence electrons. The molecule has 4 heterocycles. The van der Waals surface area contributed by atoms with E-state index in [0.717, 1.165) is 51.3 Å². The second kappa shape index (κ2) is 7.55. The molecule has 1 fully saturated rings. The topological polar surface area (TPSA) is 36.4 Å². The molecule has 0 spiro atoms. The van der Waals surface area contributed by atoms with Gasteiger partial charge in [-0.15, -0.1) is 11.3 Å². The number of aromatic nitrogens is 1. The van der Waals surface area contributed by atoms with E-state index in [1.807, 2.05) is 6.20 Å². The fourth-order valence-corrected chi connectivity index (χ4v) is 5.34. The molecule has 5 rings (SSSR count). The van der Waals surface area contributed by atoms with Crippen molar-refractivity contribution < 1.29 is 4.79 Å². The number of piperidine rings is 1. The van der Waals surface area contributed by atoms with Crippen LogP contribution in [0, 0.1) is 5.92 Å². The molecular formula is C23H25N3OS. The third-order valence-corrected chi connectivity index (χ3v) is 7.10. The molecule has 0 atom stereocenters. The zero-order valence-corrected chi connectivity index (χ0v) is 16.8. The molecule has 1 saturated heterocycles. The van der Waals surface area contributed by atoms with Gasteiger partial charge in [0.2, 0.25) is 5.91 Å². The van der Waals surface area contributed by atoms with Gasteiger partial charge >= 0.3 is 0 Å². The highest BCUT2D eigenvalue weighted by Gasteiger charge is 2.27. The number of hydrogen-bond donors (Lipinski definition) is 0. The van der Waals surface area contributed by atoms with Crippen LogP contribution in [0.4, 0.5) is 5.82 Å². The zero-order chi connectivity index (χ0) is 18.9. The van der Waals surface area contributed by atoms with Gasteiger partial charge in [0.1, 0.15) is 5.82 Å². The molecule has 0 saturated carbocycles. The van der Waals surface area contributed by atoms with Gasteiger partial charge in [-0.3, -0.25) is 4.79 Å². The third kappa shape index (κ3) is 3.39. The van der Waals surface area contributed by atoms with Gasteiger partial charge in [0, 0.05) is 48.9 Å². The quantitative estimate of drug-likeness (QED) is 0.660. The van der Waals surface area contributed by atoms with Crippen molar-refractivity contribution in [1.29, 1.82) is 0 Å². The van der Waals surface area contributed by atoms with E-state index in [2.05, 4.69) is 56.6 Å². The van der Waals surface area contributed by atoms with Gasteiger partial charge in [-0.05, 0) is 53.8 Å². The van der Waals surface area contributed by atoms with Gasteiger partial charge in [-0.25, -0.2) is 4.98 Å². The first kappa shape index (κ1) is 17.7. The number of amides is 1. The Balaban J connectivity index is 1.19. The Bertz CT molecular complexity index is 990. The Morgan fingerprint density at radius 2 is 1.89 bits per heavy atom. The first-order chi connectivity index (χ1) is 13.8. The Morgan fingerprint density at radius 3 is 2.75 bits per heavy atom. The molecular weight excluding hydrogens is 366 g/mol. The highest BCUT2D eigenvalue weighted by Crippen LogP contribution is 2.32. The number of rotatable bonds is 3. The van der Waals surface area contributed by atoms with E-state index in [9.17, 15) is 4.79 Å². The van der Waals surface area contributed by atoms with Crippen LogP contribution < -0.4 is 4.90 Å². The highest BCUT2D eigenvalue weighted by molar-refractivity contribution is 7.17. The molecule has 4 nitrogen and oxygen atoms in total. The van der Waals surface area contributed by atoms with Gasteiger partial charge in [0.05, 0.1) is 0 Å². The summed E-state index contributed by atoms with van der Waals surface area (Å²) in [5.74, 6) is 1.92. The predicted molar refractivity (Wildman–Crippen MR) is 115 cm³/mol. The molecule has 3 aromatic rings. The number of carbonyl (C=O) groups is 1. The van der Waals surface area contributed by atoms with Crippen LogP contribution in [0.3, 0.4) is 0 Å². The predicted octanol–water partition coefficient (Wildman–Crippen LogP) is 4.49. The van der Waals surface area contributed by atoms with Crippen LogP contribution in [0.1, 0.15) is 30.4 Å². The minimum atomic E-state index is 0.325. The van der Waals surface area contributed by atoms with Crippen molar-refractivity contribution >= 4 is 33.1 Å². The second-order valence-corrected chi connectivity index (χ2v) is 8.88. The van der Waals surface area contributed by atoms with E-state index >= 15 is 0 Å². The van der Waals surface area contributed by atoms with Crippen molar-refractivity contribution in [3.8, 4) is 0 Å². The van der Waals surface area contributed by atoms with E-state index in [0.29, 0.717) is 18.2 Å². The lowest BCUT2D eigenvalue weighted by atomic mass is 9.92. The maximum Gasteiger partial charge on any atom is 0.223 e. The molecule has 28 heavy (non-hydrogen) atoms. The van der Waals surface area contributed by atoms with Crippen molar-refractivity contribution in [2.45, 2.75) is 32.2 Å². The lowest BCUT2D eigenvalue weighted by Gasteiger charge is -2.35. The van der Waals surface area contributed by atoms with Gasteiger partial charge in [-0.2, -0.15) is 0 Å². The smallest absolute Gasteiger partial charge is 0.223 e. The normalized spacial score (nSPS) is 17.7. The highest BCUT2D eigenvalue weighted by atomic mass is 32.1. The molecule has 5 heteroatoms. The van der Waals surface area contributed by atoms with Crippen molar-refractivity contribution in [3.63, 3.8) is 0 Å². The van der Waals surface area contributed by atoms with Crippen molar-refractivity contribution in [3.05, 3.63) is 59.1 Å². The summed E-state index contributed by atoms with van der Waals surface area (Å²) in [5.41, 5.74) is 2.71. The minimum absolute atomic E-state index is 0.325. The summed E-state index contributed by atoms with van der Waals surface area (Å²) in [6, 6.07) is 12.8. The summed E-state index contributed by atoms with van der Waals surface area (Å²) in [6.45, 7) is 3.61. The number of thiophene rings is 1. The Morgan fingerprint density at radius 1 is 1.07 bits per heavy atom. The van der Waals surface area contributed by atoms with Crippen LogP contribution >= 0.6 is 11.3 Å². The lowest BCUT2D eigenvalue weighted by molar-refractivity contribution is -0.133. The zero-order valence-electron chi connectivity index (χ0n) is 16.0. The second-order valence-electron chi connectivity index (χ2n) is 7.94. The monoisotopic (exact) mass is 391 g/mol. The lowest BCUT2D eigenvalue weighted by Crippen LogP contribution is -2.39. The number of nitrogens with zero attached hydrogens (tertiary/aromatic N) is 3. The Labute approximate surface area is 169 Å². The molecule has 2 aliphatic rings. The first-order valence-electron chi connectivity index (χ1n) is 10.2. The summed E-state index contributed by atoms with van der Waals surface area (Å²) >= 11 is 1.77. The molecule has 2 aromatic heterocycles. The van der Waals surface area contributed by atoms with E-state index in [1.54, 1.807) is 11.3 Å². The molecule has 0 bridgehead atoms. The number of hydrogen-bond acceptors (Lipinski definition) is 4. The van der Waals surface area contributed by atoms with E-state index in [4.69, 9.17) is 0 Å². The molecule has 0 radical (unpaired) electrons. The number of fused-ring (bicyclic) bond motifs is 2. The van der Waals surface area contributed by atoms with Crippen LogP contribution in [-0.2, 0) is 17.8 Å². The first-order valence-corrected chi connectivity index (χ1v) is 11.1. The molecule has 0 aliphatic carbocycles. The van der Waals surface area contributed by atoms with Crippen molar-refractivity contribution in [1.82, 2.24) is 9.88 Å². The summed E-state index contributed by atoms with van der Waals surface area (Å²) in [7, 11) is 0. The van der Waals surface area contributed by atoms with Crippen molar-refractivity contribution in [2.75, 3.05) is 24.5 Å². The van der Waals surface area contributed by atoms with Gasteiger partial charge in [0.15, 0.2) is 0 Å². The van der Waals surface area contributed by atoms with Crippen LogP contribution in [0.5, 0.6) is 0 Å². The fraction of sp³-hybridized carbons (Fsp3) is 0.391. The molecule has 0 N–H and O–H groups in total. The number of benzene rings is 1. The average molecular weight is 392 g/mol. The Kier molecular flexibility index (Phi) is 4.77. The maximum absolute atomic E-state index is 12.9. The Hall–Kier alpha value is -2.40. The van der Waals surface area contributed by atoms with Crippen LogP contribution in [-0.4, -0.2) is 35.4 Å². The largest absolute Gasteiger partial charge is 0.356 e. The van der Waals surface area contributed by atoms with Crippen LogP contribution in [0.25, 0.3) is 10.1 Å². The van der Waals surface area contributed by atoms with Gasteiger partial charge in [-0.1, -0.05) is 24.3 Å². The molecule has 0 unspecified atom stereocenters. The summed E-state index contributed by atoms with van der Waals surface area (Å²) in [6.07, 6.45) is 5.72. The number of anilines is 1.